The lowest BCUT2D eigenvalue weighted by Gasteiger charge is -2.17. The van der Waals surface area contributed by atoms with Gasteiger partial charge in [-0.15, -0.1) is 0 Å². The van der Waals surface area contributed by atoms with Crippen molar-refractivity contribution in [1.82, 2.24) is 19.5 Å². The first-order valence-electron chi connectivity index (χ1n) is 8.98. The van der Waals surface area contributed by atoms with Crippen LogP contribution in [0.3, 0.4) is 0 Å². The molecule has 5 rings (SSSR count). The SMILES string of the molecule is Nc1ncnc2c1ccn2[C@H]1CC[C@@H](COc2cccc3cccnc23)O1. The van der Waals surface area contributed by atoms with E-state index in [1.54, 1.807) is 6.20 Å². The quantitative estimate of drug-likeness (QED) is 0.600. The summed E-state index contributed by atoms with van der Waals surface area (Å²) in [6.07, 6.45) is 6.98. The van der Waals surface area contributed by atoms with Gasteiger partial charge in [-0.25, -0.2) is 9.97 Å². The molecule has 0 radical (unpaired) electrons. The van der Waals surface area contributed by atoms with Gasteiger partial charge in [-0.05, 0) is 31.0 Å². The highest BCUT2D eigenvalue weighted by Crippen LogP contribution is 2.32. The number of benzene rings is 1. The second kappa shape index (κ2) is 6.51. The summed E-state index contributed by atoms with van der Waals surface area (Å²) in [5.74, 6) is 1.27. The van der Waals surface area contributed by atoms with Crippen LogP contribution in [0.15, 0.2) is 55.1 Å². The molecule has 136 valence electrons. The number of hydrogen-bond acceptors (Lipinski definition) is 6. The number of ether oxygens (including phenoxy) is 2. The summed E-state index contributed by atoms with van der Waals surface area (Å²) < 4.78 is 14.3. The fraction of sp³-hybridized carbons (Fsp3) is 0.250. The first-order chi connectivity index (χ1) is 13.3. The van der Waals surface area contributed by atoms with E-state index in [-0.39, 0.29) is 12.3 Å². The van der Waals surface area contributed by atoms with Gasteiger partial charge in [0.05, 0.1) is 11.5 Å². The number of pyridine rings is 1. The van der Waals surface area contributed by atoms with Gasteiger partial charge in [0.25, 0.3) is 0 Å². The first-order valence-corrected chi connectivity index (χ1v) is 8.98. The van der Waals surface area contributed by atoms with E-state index in [1.807, 2.05) is 47.2 Å². The Morgan fingerprint density at radius 3 is 3.00 bits per heavy atom. The summed E-state index contributed by atoms with van der Waals surface area (Å²) in [7, 11) is 0. The van der Waals surface area contributed by atoms with Crippen molar-refractivity contribution >= 4 is 27.8 Å². The summed E-state index contributed by atoms with van der Waals surface area (Å²) in [5.41, 5.74) is 7.59. The topological polar surface area (TPSA) is 88.1 Å². The third-order valence-corrected chi connectivity index (χ3v) is 4.96. The molecule has 7 nitrogen and oxygen atoms in total. The minimum Gasteiger partial charge on any atom is -0.489 e. The molecule has 1 fully saturated rings. The minimum absolute atomic E-state index is 0.0191. The van der Waals surface area contributed by atoms with E-state index < -0.39 is 0 Å². The Morgan fingerprint density at radius 2 is 2.04 bits per heavy atom. The fourth-order valence-electron chi connectivity index (χ4n) is 3.61. The lowest BCUT2D eigenvalue weighted by atomic mass is 10.2. The van der Waals surface area contributed by atoms with Gasteiger partial charge in [-0.3, -0.25) is 4.98 Å². The molecule has 3 aromatic heterocycles. The number of nitrogen functional groups attached to an aromatic ring is 1. The number of rotatable bonds is 4. The summed E-state index contributed by atoms with van der Waals surface area (Å²) in [5, 5.41) is 1.92. The molecule has 0 bridgehead atoms. The summed E-state index contributed by atoms with van der Waals surface area (Å²) in [6, 6.07) is 11.8. The zero-order chi connectivity index (χ0) is 18.2. The van der Waals surface area contributed by atoms with Crippen LogP contribution in [0.2, 0.25) is 0 Å². The maximum absolute atomic E-state index is 6.20. The van der Waals surface area contributed by atoms with E-state index in [0.717, 1.165) is 40.5 Å². The van der Waals surface area contributed by atoms with Gasteiger partial charge in [0.1, 0.15) is 41.9 Å². The Balaban J connectivity index is 1.30. The predicted molar refractivity (Wildman–Crippen MR) is 102 cm³/mol. The van der Waals surface area contributed by atoms with Crippen LogP contribution in [-0.2, 0) is 4.74 Å². The highest BCUT2D eigenvalue weighted by atomic mass is 16.6. The van der Waals surface area contributed by atoms with Crippen molar-refractivity contribution in [1.29, 1.82) is 0 Å². The molecule has 0 aliphatic carbocycles. The minimum atomic E-state index is -0.0731. The molecule has 1 aliphatic heterocycles. The van der Waals surface area contributed by atoms with Crippen LogP contribution in [0.4, 0.5) is 5.82 Å². The number of hydrogen-bond donors (Lipinski definition) is 1. The van der Waals surface area contributed by atoms with Crippen molar-refractivity contribution in [2.45, 2.75) is 25.2 Å². The number of aromatic nitrogens is 4. The third kappa shape index (κ3) is 2.86. The average molecular weight is 361 g/mol. The van der Waals surface area contributed by atoms with Gasteiger partial charge in [-0.1, -0.05) is 18.2 Å². The number of fused-ring (bicyclic) bond motifs is 2. The smallest absolute Gasteiger partial charge is 0.147 e. The predicted octanol–water partition coefficient (Wildman–Crippen LogP) is 3.32. The molecule has 0 saturated carbocycles. The molecular weight excluding hydrogens is 342 g/mol. The van der Waals surface area contributed by atoms with Crippen LogP contribution >= 0.6 is 0 Å². The van der Waals surface area contributed by atoms with Crippen LogP contribution in [0.1, 0.15) is 19.1 Å². The molecule has 0 amide bonds. The molecule has 1 aromatic carbocycles. The van der Waals surface area contributed by atoms with E-state index >= 15 is 0 Å². The molecule has 4 heterocycles. The molecule has 1 aliphatic rings. The van der Waals surface area contributed by atoms with E-state index in [4.69, 9.17) is 15.2 Å². The van der Waals surface area contributed by atoms with Crippen LogP contribution < -0.4 is 10.5 Å². The van der Waals surface area contributed by atoms with Crippen molar-refractivity contribution in [3.05, 3.63) is 55.1 Å². The van der Waals surface area contributed by atoms with E-state index in [9.17, 15) is 0 Å². The summed E-state index contributed by atoms with van der Waals surface area (Å²) >= 11 is 0. The Hall–Kier alpha value is -3.19. The van der Waals surface area contributed by atoms with Gasteiger partial charge in [0.2, 0.25) is 0 Å². The largest absolute Gasteiger partial charge is 0.489 e. The maximum Gasteiger partial charge on any atom is 0.147 e. The number of nitrogens with zero attached hydrogens (tertiary/aromatic N) is 4. The maximum atomic E-state index is 6.20. The summed E-state index contributed by atoms with van der Waals surface area (Å²) in [6.45, 7) is 0.489. The van der Waals surface area contributed by atoms with Gasteiger partial charge >= 0.3 is 0 Å². The molecule has 0 spiro atoms. The monoisotopic (exact) mass is 361 g/mol. The Kier molecular flexibility index (Phi) is 3.86. The van der Waals surface area contributed by atoms with E-state index in [1.165, 1.54) is 6.33 Å². The number of anilines is 1. The molecule has 4 aromatic rings. The molecule has 2 atom stereocenters. The lowest BCUT2D eigenvalue weighted by molar-refractivity contribution is -0.0154. The Morgan fingerprint density at radius 1 is 1.11 bits per heavy atom. The first kappa shape index (κ1) is 16.0. The van der Waals surface area contributed by atoms with Crippen molar-refractivity contribution < 1.29 is 9.47 Å². The van der Waals surface area contributed by atoms with Crippen LogP contribution in [0, 0.1) is 0 Å². The third-order valence-electron chi connectivity index (χ3n) is 4.96. The molecule has 2 N–H and O–H groups in total. The van der Waals surface area contributed by atoms with E-state index in [2.05, 4.69) is 15.0 Å². The van der Waals surface area contributed by atoms with Crippen molar-refractivity contribution in [2.75, 3.05) is 12.3 Å². The van der Waals surface area contributed by atoms with Crippen molar-refractivity contribution in [3.8, 4) is 5.75 Å². The van der Waals surface area contributed by atoms with Crippen LogP contribution in [0.5, 0.6) is 5.75 Å². The molecular formula is C20H19N5O2. The summed E-state index contributed by atoms with van der Waals surface area (Å²) in [4.78, 5) is 12.8. The highest BCUT2D eigenvalue weighted by Gasteiger charge is 2.28. The van der Waals surface area contributed by atoms with Gasteiger partial charge in [0.15, 0.2) is 0 Å². The van der Waals surface area contributed by atoms with Gasteiger partial charge in [0, 0.05) is 17.8 Å². The second-order valence-electron chi connectivity index (χ2n) is 6.65. The molecule has 27 heavy (non-hydrogen) atoms. The van der Waals surface area contributed by atoms with Crippen LogP contribution in [0.25, 0.3) is 21.9 Å². The molecule has 0 unspecified atom stereocenters. The Labute approximate surface area is 155 Å². The zero-order valence-electron chi connectivity index (χ0n) is 14.7. The fourth-order valence-corrected chi connectivity index (χ4v) is 3.61. The van der Waals surface area contributed by atoms with Crippen LogP contribution in [-0.4, -0.2) is 32.2 Å². The molecule has 7 heteroatoms. The van der Waals surface area contributed by atoms with Gasteiger partial charge in [-0.2, -0.15) is 0 Å². The number of nitrogens with two attached hydrogens (primary N) is 1. The van der Waals surface area contributed by atoms with Crippen molar-refractivity contribution in [2.24, 2.45) is 0 Å². The normalized spacial score (nSPS) is 19.7. The average Bonchev–Trinajstić information content (AvgIpc) is 3.34. The zero-order valence-corrected chi connectivity index (χ0v) is 14.7. The van der Waals surface area contributed by atoms with E-state index in [0.29, 0.717) is 12.4 Å². The second-order valence-corrected chi connectivity index (χ2v) is 6.65. The molecule has 1 saturated heterocycles. The van der Waals surface area contributed by atoms with Crippen molar-refractivity contribution in [3.63, 3.8) is 0 Å². The Bertz CT molecular complexity index is 1100. The van der Waals surface area contributed by atoms with Gasteiger partial charge < -0.3 is 19.8 Å². The lowest BCUT2D eigenvalue weighted by Crippen LogP contribution is -2.18. The number of para-hydroxylation sites is 1. The highest BCUT2D eigenvalue weighted by molar-refractivity contribution is 5.86. The standard InChI is InChI=1S/C20H19N5O2/c21-19-15-8-10-25(20(15)24-12-23-19)17-7-6-14(27-17)11-26-16-5-1-3-13-4-2-9-22-18(13)16/h1-5,8-10,12,14,17H,6-7,11H2,(H2,21,23,24)/t14-,17+/m0/s1.